The number of fused-ring (bicyclic) bond motifs is 1. The van der Waals surface area contributed by atoms with Gasteiger partial charge in [0.15, 0.2) is 0 Å². The van der Waals surface area contributed by atoms with E-state index in [2.05, 4.69) is 15.3 Å². The number of benzene rings is 1. The Kier molecular flexibility index (Phi) is 5.02. The van der Waals surface area contributed by atoms with Gasteiger partial charge in [-0.3, -0.25) is 0 Å². The number of carbonyl (C=O) groups is 1. The molecule has 0 fully saturated rings. The molecule has 1 aromatic heterocycles. The molecule has 1 aromatic carbocycles. The van der Waals surface area contributed by atoms with E-state index in [0.29, 0.717) is 24.5 Å². The Morgan fingerprint density at radius 1 is 1.33 bits per heavy atom. The van der Waals surface area contributed by atoms with Crippen molar-refractivity contribution >= 4 is 22.7 Å². The third kappa shape index (κ3) is 3.65. The summed E-state index contributed by atoms with van der Waals surface area (Å²) in [6, 6.07) is 7.23. The lowest BCUT2D eigenvalue weighted by Crippen LogP contribution is -2.27. The van der Waals surface area contributed by atoms with E-state index in [1.165, 1.54) is 0 Å². The molecule has 0 aliphatic carbocycles. The maximum atomic E-state index is 11.1. The Labute approximate surface area is 121 Å². The molecule has 0 aliphatic rings. The van der Waals surface area contributed by atoms with E-state index in [9.17, 15) is 4.79 Å². The third-order valence-electron chi connectivity index (χ3n) is 2.98. The van der Waals surface area contributed by atoms with Gasteiger partial charge in [0.25, 0.3) is 0 Å². The van der Waals surface area contributed by atoms with E-state index < -0.39 is 5.97 Å². The molecule has 1 unspecified atom stereocenters. The molecule has 0 aliphatic heterocycles. The highest BCUT2D eigenvalue weighted by Crippen LogP contribution is 2.20. The molecule has 0 radical (unpaired) electrons. The minimum atomic E-state index is -1.16. The van der Waals surface area contributed by atoms with Crippen LogP contribution in [0.15, 0.2) is 24.3 Å². The molecule has 112 valence electrons. The number of anilines is 1. The first-order valence-electron chi connectivity index (χ1n) is 6.41. The number of ether oxygens (including phenoxy) is 2. The second kappa shape index (κ2) is 6.96. The number of carboxylic acid groups (broad SMARTS) is 1. The predicted octanol–water partition coefficient (Wildman–Crippen LogP) is 1.40. The zero-order valence-corrected chi connectivity index (χ0v) is 11.9. The van der Waals surface area contributed by atoms with Crippen molar-refractivity contribution in [3.05, 3.63) is 30.1 Å². The monoisotopic (exact) mass is 291 g/mol. The summed E-state index contributed by atoms with van der Waals surface area (Å²) in [6.07, 6.45) is -0.156. The molecule has 2 N–H and O–H groups in total. The molecule has 7 nitrogen and oxygen atoms in total. The van der Waals surface area contributed by atoms with Crippen molar-refractivity contribution in [2.24, 2.45) is 0 Å². The van der Waals surface area contributed by atoms with Crippen molar-refractivity contribution in [2.45, 2.75) is 6.10 Å². The largest absolute Gasteiger partial charge is 0.475 e. The summed E-state index contributed by atoms with van der Waals surface area (Å²) in [7, 11) is 3.18. The van der Waals surface area contributed by atoms with Gasteiger partial charge in [0.2, 0.25) is 5.82 Å². The molecule has 0 saturated heterocycles. The van der Waals surface area contributed by atoms with Crippen molar-refractivity contribution in [1.29, 1.82) is 0 Å². The average molecular weight is 291 g/mol. The second-order valence-electron chi connectivity index (χ2n) is 4.41. The Balaban J connectivity index is 2.30. The summed E-state index contributed by atoms with van der Waals surface area (Å²) in [6.45, 7) is 0.878. The van der Waals surface area contributed by atoms with Crippen LogP contribution in [-0.2, 0) is 9.47 Å². The lowest BCUT2D eigenvalue weighted by molar-refractivity contribution is 0.0365. The summed E-state index contributed by atoms with van der Waals surface area (Å²) in [5.41, 5.74) is 0.577. The van der Waals surface area contributed by atoms with E-state index in [1.807, 2.05) is 12.1 Å². The first kappa shape index (κ1) is 15.1. The fourth-order valence-electron chi connectivity index (χ4n) is 1.91. The zero-order chi connectivity index (χ0) is 15.2. The molecule has 21 heavy (non-hydrogen) atoms. The van der Waals surface area contributed by atoms with Crippen LogP contribution in [0.5, 0.6) is 0 Å². The molecular weight excluding hydrogens is 274 g/mol. The summed E-state index contributed by atoms with van der Waals surface area (Å²) in [5, 5.41) is 12.9. The highest BCUT2D eigenvalue weighted by Gasteiger charge is 2.14. The minimum Gasteiger partial charge on any atom is -0.475 e. The molecule has 0 saturated carbocycles. The van der Waals surface area contributed by atoms with Crippen LogP contribution in [0.4, 0.5) is 5.82 Å². The maximum absolute atomic E-state index is 11.1. The Morgan fingerprint density at radius 3 is 2.76 bits per heavy atom. The number of hydrogen-bond acceptors (Lipinski definition) is 6. The number of aromatic nitrogens is 2. The van der Waals surface area contributed by atoms with Gasteiger partial charge in [0.05, 0.1) is 18.2 Å². The van der Waals surface area contributed by atoms with Gasteiger partial charge in [-0.1, -0.05) is 12.1 Å². The first-order valence-corrected chi connectivity index (χ1v) is 6.41. The smallest absolute Gasteiger partial charge is 0.374 e. The van der Waals surface area contributed by atoms with Crippen LogP contribution in [0.1, 0.15) is 10.6 Å². The van der Waals surface area contributed by atoms with Gasteiger partial charge in [-0.05, 0) is 12.1 Å². The molecule has 1 heterocycles. The second-order valence-corrected chi connectivity index (χ2v) is 4.41. The Hall–Kier alpha value is -2.25. The van der Waals surface area contributed by atoms with E-state index in [-0.39, 0.29) is 11.9 Å². The predicted molar refractivity (Wildman–Crippen MR) is 77.7 cm³/mol. The number of para-hydroxylation sites is 1. The topological polar surface area (TPSA) is 93.6 Å². The molecule has 0 spiro atoms. The number of nitrogens with one attached hydrogen (secondary N) is 1. The van der Waals surface area contributed by atoms with Crippen LogP contribution >= 0.6 is 0 Å². The van der Waals surface area contributed by atoms with Gasteiger partial charge in [0.1, 0.15) is 5.82 Å². The van der Waals surface area contributed by atoms with E-state index in [4.69, 9.17) is 14.6 Å². The lowest BCUT2D eigenvalue weighted by atomic mass is 10.2. The number of aromatic carboxylic acids is 1. The normalized spacial score (nSPS) is 12.3. The molecule has 0 amide bonds. The van der Waals surface area contributed by atoms with Gasteiger partial charge in [-0.15, -0.1) is 0 Å². The Bertz CT molecular complexity index is 633. The molecule has 2 aromatic rings. The molecule has 2 rings (SSSR count). The fraction of sp³-hybridized carbons (Fsp3) is 0.357. The van der Waals surface area contributed by atoms with Gasteiger partial charge in [-0.2, -0.15) is 0 Å². The molecular formula is C14H17N3O4. The summed E-state index contributed by atoms with van der Waals surface area (Å²) in [4.78, 5) is 19.2. The number of hydrogen-bond donors (Lipinski definition) is 2. The van der Waals surface area contributed by atoms with Gasteiger partial charge >= 0.3 is 5.97 Å². The van der Waals surface area contributed by atoms with Gasteiger partial charge in [-0.25, -0.2) is 14.8 Å². The van der Waals surface area contributed by atoms with Crippen LogP contribution in [-0.4, -0.2) is 54.5 Å². The van der Waals surface area contributed by atoms with Gasteiger partial charge < -0.3 is 19.9 Å². The summed E-state index contributed by atoms with van der Waals surface area (Å²) < 4.78 is 10.3. The van der Waals surface area contributed by atoms with Crippen molar-refractivity contribution in [3.8, 4) is 0 Å². The van der Waals surface area contributed by atoms with E-state index >= 15 is 0 Å². The van der Waals surface area contributed by atoms with Crippen molar-refractivity contribution in [3.63, 3.8) is 0 Å². The van der Waals surface area contributed by atoms with Crippen molar-refractivity contribution < 1.29 is 19.4 Å². The fourth-order valence-corrected chi connectivity index (χ4v) is 1.91. The maximum Gasteiger partial charge on any atom is 0.374 e. The van der Waals surface area contributed by atoms with E-state index in [1.54, 1.807) is 26.4 Å². The highest BCUT2D eigenvalue weighted by atomic mass is 16.5. The zero-order valence-electron chi connectivity index (χ0n) is 11.9. The minimum absolute atomic E-state index is 0.156. The molecule has 7 heteroatoms. The number of carboxylic acids is 1. The first-order chi connectivity index (χ1) is 10.2. The van der Waals surface area contributed by atoms with Crippen molar-refractivity contribution in [2.75, 3.05) is 32.7 Å². The summed E-state index contributed by atoms with van der Waals surface area (Å²) in [5.74, 6) is -0.933. The van der Waals surface area contributed by atoms with Gasteiger partial charge in [0, 0.05) is 26.2 Å². The van der Waals surface area contributed by atoms with Crippen LogP contribution in [0.2, 0.25) is 0 Å². The van der Waals surface area contributed by atoms with Crippen LogP contribution < -0.4 is 5.32 Å². The SMILES string of the molecule is COCC(CNc1nc(C(=O)O)nc2ccccc12)OC. The number of nitrogens with zero attached hydrogens (tertiary/aromatic N) is 2. The van der Waals surface area contributed by atoms with Crippen molar-refractivity contribution in [1.82, 2.24) is 9.97 Å². The summed E-state index contributed by atoms with van der Waals surface area (Å²) >= 11 is 0. The molecule has 0 bridgehead atoms. The highest BCUT2D eigenvalue weighted by molar-refractivity contribution is 5.93. The number of rotatable bonds is 7. The lowest BCUT2D eigenvalue weighted by Gasteiger charge is -2.16. The number of methoxy groups -OCH3 is 2. The Morgan fingerprint density at radius 2 is 2.10 bits per heavy atom. The van der Waals surface area contributed by atoms with Crippen LogP contribution in [0.25, 0.3) is 10.9 Å². The van der Waals surface area contributed by atoms with Crippen LogP contribution in [0, 0.1) is 0 Å². The molecule has 1 atom stereocenters. The third-order valence-corrected chi connectivity index (χ3v) is 2.98. The van der Waals surface area contributed by atoms with E-state index in [0.717, 1.165) is 5.39 Å². The quantitative estimate of drug-likeness (QED) is 0.796. The average Bonchev–Trinajstić information content (AvgIpc) is 2.50. The standard InChI is InChI=1S/C14H17N3O4/c1-20-8-9(21-2)7-15-12-10-5-3-4-6-11(10)16-13(17-12)14(18)19/h3-6,9H,7-8H2,1-2H3,(H,18,19)(H,15,16,17). The van der Waals surface area contributed by atoms with Crippen LogP contribution in [0.3, 0.4) is 0 Å².